The molecule has 0 saturated heterocycles. The second kappa shape index (κ2) is 7.80. The summed E-state index contributed by atoms with van der Waals surface area (Å²) in [7, 11) is 0. The number of anilines is 3. The minimum absolute atomic E-state index is 0.845. The molecule has 0 saturated carbocycles. The van der Waals surface area contributed by atoms with Crippen molar-refractivity contribution in [3.63, 3.8) is 0 Å². The van der Waals surface area contributed by atoms with E-state index in [1.54, 1.807) is 0 Å². The molecule has 34 heavy (non-hydrogen) atoms. The minimum Gasteiger partial charge on any atom is -0.308 e. The van der Waals surface area contributed by atoms with E-state index in [9.17, 15) is 0 Å². The molecule has 0 amide bonds. The van der Waals surface area contributed by atoms with Crippen molar-refractivity contribution in [2.75, 3.05) is 4.90 Å². The van der Waals surface area contributed by atoms with E-state index in [0.29, 0.717) is 0 Å². The van der Waals surface area contributed by atoms with E-state index in [1.807, 2.05) is 23.9 Å². The Labute approximate surface area is 217 Å². The third kappa shape index (κ3) is 3.02. The Hall–Kier alpha value is -2.93. The van der Waals surface area contributed by atoms with Gasteiger partial charge in [-0.15, -0.1) is 0 Å². The number of benzene rings is 5. The molecule has 3 nitrogen and oxygen atoms in total. The summed E-state index contributed by atoms with van der Waals surface area (Å²) < 4.78 is 1.86. The van der Waals surface area contributed by atoms with Crippen LogP contribution in [0.2, 0.25) is 0 Å². The largest absolute Gasteiger partial charge is 0.308 e. The third-order valence-electron chi connectivity index (χ3n) is 6.16. The van der Waals surface area contributed by atoms with Crippen LogP contribution in [0, 0.1) is 0 Å². The summed E-state index contributed by atoms with van der Waals surface area (Å²) >= 11 is 9.14. The van der Waals surface area contributed by atoms with E-state index in [-0.39, 0.29) is 0 Å². The minimum atomic E-state index is 0.845. The van der Waals surface area contributed by atoms with Crippen molar-refractivity contribution in [2.24, 2.45) is 0 Å². The van der Waals surface area contributed by atoms with Crippen molar-refractivity contribution < 1.29 is 0 Å². The molecule has 0 radical (unpaired) electrons. The predicted octanol–water partition coefficient (Wildman–Crippen LogP) is 9.40. The Balaban J connectivity index is 1.62. The van der Waals surface area contributed by atoms with Crippen LogP contribution in [0.1, 0.15) is 0 Å². The van der Waals surface area contributed by atoms with Gasteiger partial charge < -0.3 is 4.90 Å². The SMILES string of the molecule is Brc1ccc(Br)c2nc3c(cc(N4c5ccccc5Sc5ccccc54)c4ccccc43)nc12. The highest BCUT2D eigenvalue weighted by Crippen LogP contribution is 2.52. The first-order chi connectivity index (χ1) is 16.7. The molecule has 162 valence electrons. The molecular weight excluding hydrogens is 570 g/mol. The highest BCUT2D eigenvalue weighted by molar-refractivity contribution is 9.11. The molecule has 0 fully saturated rings. The number of nitrogens with zero attached hydrogens (tertiary/aromatic N) is 3. The molecule has 0 atom stereocenters. The summed E-state index contributed by atoms with van der Waals surface area (Å²) in [6.07, 6.45) is 0. The fourth-order valence-corrected chi connectivity index (χ4v) is 6.53. The normalized spacial score (nSPS) is 12.8. The van der Waals surface area contributed by atoms with Crippen LogP contribution in [-0.4, -0.2) is 9.97 Å². The van der Waals surface area contributed by atoms with Crippen molar-refractivity contribution in [1.29, 1.82) is 0 Å². The molecule has 0 unspecified atom stereocenters. The van der Waals surface area contributed by atoms with Gasteiger partial charge in [-0.25, -0.2) is 9.97 Å². The van der Waals surface area contributed by atoms with Crippen LogP contribution in [0.15, 0.2) is 110 Å². The second-order valence-electron chi connectivity index (χ2n) is 8.13. The van der Waals surface area contributed by atoms with Crippen LogP contribution in [0.5, 0.6) is 0 Å². The molecular formula is C28H15Br2N3S. The molecule has 1 aliphatic heterocycles. The van der Waals surface area contributed by atoms with Crippen LogP contribution in [0.3, 0.4) is 0 Å². The lowest BCUT2D eigenvalue weighted by molar-refractivity contribution is 1.17. The third-order valence-corrected chi connectivity index (χ3v) is 8.57. The van der Waals surface area contributed by atoms with Gasteiger partial charge in [0.2, 0.25) is 0 Å². The van der Waals surface area contributed by atoms with E-state index < -0.39 is 0 Å². The molecule has 0 bridgehead atoms. The lowest BCUT2D eigenvalue weighted by Gasteiger charge is -2.33. The van der Waals surface area contributed by atoms with Crippen molar-refractivity contribution in [1.82, 2.24) is 9.97 Å². The Bertz CT molecular complexity index is 1740. The number of halogens is 2. The van der Waals surface area contributed by atoms with Gasteiger partial charge >= 0.3 is 0 Å². The zero-order valence-electron chi connectivity index (χ0n) is 17.7. The van der Waals surface area contributed by atoms with Gasteiger partial charge in [-0.3, -0.25) is 0 Å². The Morgan fingerprint density at radius 3 is 1.79 bits per heavy atom. The van der Waals surface area contributed by atoms with Crippen molar-refractivity contribution in [2.45, 2.75) is 9.79 Å². The lowest BCUT2D eigenvalue weighted by atomic mass is 10.0. The fraction of sp³-hybridized carbons (Fsp3) is 0. The molecule has 6 aromatic rings. The molecule has 6 heteroatoms. The van der Waals surface area contributed by atoms with Gasteiger partial charge in [-0.1, -0.05) is 60.3 Å². The number of fused-ring (bicyclic) bond motifs is 6. The maximum Gasteiger partial charge on any atom is 0.105 e. The van der Waals surface area contributed by atoms with Gasteiger partial charge in [0.25, 0.3) is 0 Å². The Morgan fingerprint density at radius 1 is 0.559 bits per heavy atom. The molecule has 5 aromatic carbocycles. The zero-order chi connectivity index (χ0) is 22.8. The number of aromatic nitrogens is 2. The van der Waals surface area contributed by atoms with E-state index in [2.05, 4.69) is 116 Å². The smallest absolute Gasteiger partial charge is 0.105 e. The molecule has 0 aliphatic carbocycles. The fourth-order valence-electron chi connectivity index (χ4n) is 4.65. The molecule has 2 heterocycles. The van der Waals surface area contributed by atoms with Crippen LogP contribution in [0.4, 0.5) is 17.1 Å². The first kappa shape index (κ1) is 20.4. The summed E-state index contributed by atoms with van der Waals surface area (Å²) in [4.78, 5) is 15.0. The van der Waals surface area contributed by atoms with Gasteiger partial charge in [-0.05, 0) is 74.3 Å². The number of rotatable bonds is 1. The standard InChI is InChI=1S/C28H15Br2N3S/c29-18-13-14-19(30)28-27(18)31-20-15-23(16-7-1-2-8-17(16)26(20)32-28)33-21-9-3-5-11-24(21)34-25-12-6-4-10-22(25)33/h1-15H. The monoisotopic (exact) mass is 583 g/mol. The van der Waals surface area contributed by atoms with Crippen LogP contribution >= 0.6 is 43.6 Å². The molecule has 1 aromatic heterocycles. The summed E-state index contributed by atoms with van der Waals surface area (Å²) in [6.45, 7) is 0. The molecule has 7 rings (SSSR count). The first-order valence-electron chi connectivity index (χ1n) is 10.8. The Morgan fingerprint density at radius 2 is 1.12 bits per heavy atom. The summed E-state index contributed by atoms with van der Waals surface area (Å²) in [5, 5.41) is 2.23. The molecule has 1 aliphatic rings. The maximum atomic E-state index is 5.08. The van der Waals surface area contributed by atoms with E-state index >= 15 is 0 Å². The molecule has 0 spiro atoms. The summed E-state index contributed by atoms with van der Waals surface area (Å²) in [6, 6.07) is 31.8. The first-order valence-corrected chi connectivity index (χ1v) is 13.2. The topological polar surface area (TPSA) is 29.0 Å². The summed E-state index contributed by atoms with van der Waals surface area (Å²) in [5.74, 6) is 0. The zero-order valence-corrected chi connectivity index (χ0v) is 21.7. The summed E-state index contributed by atoms with van der Waals surface area (Å²) in [5.41, 5.74) is 6.92. The van der Waals surface area contributed by atoms with Crippen molar-refractivity contribution in [3.8, 4) is 0 Å². The van der Waals surface area contributed by atoms with Gasteiger partial charge in [0.05, 0.1) is 28.1 Å². The Kier molecular flexibility index (Phi) is 4.69. The predicted molar refractivity (Wildman–Crippen MR) is 149 cm³/mol. The van der Waals surface area contributed by atoms with Gasteiger partial charge in [-0.2, -0.15) is 0 Å². The van der Waals surface area contributed by atoms with Crippen molar-refractivity contribution >= 4 is 93.5 Å². The van der Waals surface area contributed by atoms with E-state index in [4.69, 9.17) is 9.97 Å². The van der Waals surface area contributed by atoms with Gasteiger partial charge in [0.15, 0.2) is 0 Å². The average Bonchev–Trinajstić information content (AvgIpc) is 2.88. The van der Waals surface area contributed by atoms with Crippen LogP contribution in [-0.2, 0) is 0 Å². The average molecular weight is 585 g/mol. The van der Waals surface area contributed by atoms with E-state index in [0.717, 1.165) is 47.5 Å². The molecule has 0 N–H and O–H groups in total. The van der Waals surface area contributed by atoms with Crippen LogP contribution < -0.4 is 4.90 Å². The quantitative estimate of drug-likeness (QED) is 0.142. The van der Waals surface area contributed by atoms with Crippen molar-refractivity contribution in [3.05, 3.63) is 99.9 Å². The highest BCUT2D eigenvalue weighted by atomic mass is 79.9. The van der Waals surface area contributed by atoms with Gasteiger partial charge in [0, 0.05) is 29.5 Å². The lowest BCUT2D eigenvalue weighted by Crippen LogP contribution is -2.15. The van der Waals surface area contributed by atoms with Gasteiger partial charge in [0.1, 0.15) is 11.0 Å². The number of para-hydroxylation sites is 2. The maximum absolute atomic E-state index is 5.08. The second-order valence-corrected chi connectivity index (χ2v) is 10.9. The number of hydrogen-bond acceptors (Lipinski definition) is 4. The van der Waals surface area contributed by atoms with E-state index in [1.165, 1.54) is 21.2 Å². The highest BCUT2D eigenvalue weighted by Gasteiger charge is 2.26. The number of hydrogen-bond donors (Lipinski definition) is 0. The van der Waals surface area contributed by atoms with Crippen LogP contribution in [0.25, 0.3) is 32.8 Å².